The fourth-order valence-electron chi connectivity index (χ4n) is 3.12. The van der Waals surface area contributed by atoms with Crippen LogP contribution in [0.1, 0.15) is 32.6 Å². The van der Waals surface area contributed by atoms with Gasteiger partial charge in [0.15, 0.2) is 0 Å². The van der Waals surface area contributed by atoms with Crippen molar-refractivity contribution >= 4 is 6.21 Å². The minimum absolute atomic E-state index is 0.460. The monoisotopic (exact) mass is 261 g/mol. The molecule has 1 saturated heterocycles. The van der Waals surface area contributed by atoms with E-state index in [1.54, 1.807) is 0 Å². The lowest BCUT2D eigenvalue weighted by Crippen LogP contribution is -2.48. The zero-order valence-electron chi connectivity index (χ0n) is 11.7. The zero-order chi connectivity index (χ0) is 13.1. The summed E-state index contributed by atoms with van der Waals surface area (Å²) in [5.74, 6) is 0. The Balaban J connectivity index is 1.73. The molecule has 0 aliphatic carbocycles. The molecule has 0 saturated carbocycles. The maximum Gasteiger partial charge on any atom is 0.0797 e. The van der Waals surface area contributed by atoms with Crippen molar-refractivity contribution < 1.29 is 4.74 Å². The van der Waals surface area contributed by atoms with E-state index in [-0.39, 0.29) is 0 Å². The minimum Gasteiger partial charge on any atom is -0.380 e. The van der Waals surface area contributed by atoms with E-state index in [0.717, 1.165) is 39.1 Å². The molecule has 0 amide bonds. The predicted octanol–water partition coefficient (Wildman–Crippen LogP) is 2.05. The number of hydrogen-bond acceptors (Lipinski definition) is 4. The van der Waals surface area contributed by atoms with Gasteiger partial charge in [0.25, 0.3) is 0 Å². The molecular formula is C15H23N3O. The van der Waals surface area contributed by atoms with Crippen LogP contribution in [-0.2, 0) is 4.74 Å². The van der Waals surface area contributed by atoms with E-state index in [0.29, 0.717) is 6.17 Å². The average Bonchev–Trinajstić information content (AvgIpc) is 2.80. The number of nitrogens with zero attached hydrogens (tertiary/aromatic N) is 2. The molecule has 3 heterocycles. The predicted molar refractivity (Wildman–Crippen MR) is 77.1 cm³/mol. The third-order valence-electron chi connectivity index (χ3n) is 4.19. The quantitative estimate of drug-likeness (QED) is 0.785. The Morgan fingerprint density at radius 3 is 3.26 bits per heavy atom. The highest BCUT2D eigenvalue weighted by molar-refractivity contribution is 5.65. The van der Waals surface area contributed by atoms with Gasteiger partial charge < -0.3 is 10.1 Å². The van der Waals surface area contributed by atoms with Crippen LogP contribution in [0, 0.1) is 0 Å². The molecule has 4 nitrogen and oxygen atoms in total. The Kier molecular flexibility index (Phi) is 3.99. The van der Waals surface area contributed by atoms with Crippen LogP contribution in [0.25, 0.3) is 0 Å². The Labute approximate surface area is 115 Å². The average molecular weight is 261 g/mol. The van der Waals surface area contributed by atoms with Crippen LogP contribution in [0.2, 0.25) is 0 Å². The molecule has 0 spiro atoms. The molecule has 0 aromatic heterocycles. The van der Waals surface area contributed by atoms with Gasteiger partial charge in [0.1, 0.15) is 0 Å². The highest BCUT2D eigenvalue weighted by Crippen LogP contribution is 2.28. The maximum absolute atomic E-state index is 5.55. The van der Waals surface area contributed by atoms with E-state index in [1.165, 1.54) is 29.7 Å². The molecular weight excluding hydrogens is 238 g/mol. The lowest BCUT2D eigenvalue weighted by atomic mass is 9.96. The van der Waals surface area contributed by atoms with E-state index >= 15 is 0 Å². The third kappa shape index (κ3) is 2.90. The Morgan fingerprint density at radius 1 is 1.37 bits per heavy atom. The molecule has 0 bridgehead atoms. The number of nitrogens with one attached hydrogen (secondary N) is 1. The van der Waals surface area contributed by atoms with Crippen molar-refractivity contribution in [3.63, 3.8) is 0 Å². The van der Waals surface area contributed by atoms with Crippen molar-refractivity contribution in [3.8, 4) is 0 Å². The first kappa shape index (κ1) is 12.9. The SMILES string of the molecule is CC1=CN=CCC2=C1NC(N1CCCOCC1)CC2. The molecule has 1 atom stereocenters. The first-order valence-electron chi connectivity index (χ1n) is 7.34. The van der Waals surface area contributed by atoms with Crippen molar-refractivity contribution in [2.24, 2.45) is 4.99 Å². The molecule has 0 aromatic carbocycles. The van der Waals surface area contributed by atoms with Gasteiger partial charge in [-0.05, 0) is 37.3 Å². The zero-order valence-corrected chi connectivity index (χ0v) is 11.7. The van der Waals surface area contributed by atoms with E-state index < -0.39 is 0 Å². The van der Waals surface area contributed by atoms with Crippen molar-refractivity contribution in [1.82, 2.24) is 10.2 Å². The first-order chi connectivity index (χ1) is 9.34. The summed E-state index contributed by atoms with van der Waals surface area (Å²) in [6, 6.07) is 0. The summed E-state index contributed by atoms with van der Waals surface area (Å²) < 4.78 is 5.55. The number of ether oxygens (including phenoxy) is 1. The summed E-state index contributed by atoms with van der Waals surface area (Å²) >= 11 is 0. The number of aliphatic imine (C=N–C) groups is 1. The molecule has 0 aromatic rings. The van der Waals surface area contributed by atoms with Crippen LogP contribution in [-0.4, -0.2) is 43.6 Å². The van der Waals surface area contributed by atoms with Gasteiger partial charge in [0, 0.05) is 44.2 Å². The van der Waals surface area contributed by atoms with E-state index in [4.69, 9.17) is 4.74 Å². The fraction of sp³-hybridized carbons (Fsp3) is 0.667. The highest BCUT2D eigenvalue weighted by Gasteiger charge is 2.26. The second kappa shape index (κ2) is 5.88. The highest BCUT2D eigenvalue weighted by atomic mass is 16.5. The molecule has 104 valence electrons. The lowest BCUT2D eigenvalue weighted by Gasteiger charge is -2.36. The largest absolute Gasteiger partial charge is 0.380 e. The van der Waals surface area contributed by atoms with Crippen molar-refractivity contribution in [2.75, 3.05) is 26.3 Å². The molecule has 1 unspecified atom stereocenters. The van der Waals surface area contributed by atoms with Gasteiger partial charge in [0.05, 0.1) is 12.8 Å². The summed E-state index contributed by atoms with van der Waals surface area (Å²) in [7, 11) is 0. The number of rotatable bonds is 1. The van der Waals surface area contributed by atoms with E-state index in [9.17, 15) is 0 Å². The smallest absolute Gasteiger partial charge is 0.0797 e. The Hall–Kier alpha value is -1.13. The summed E-state index contributed by atoms with van der Waals surface area (Å²) in [4.78, 5) is 6.86. The summed E-state index contributed by atoms with van der Waals surface area (Å²) in [5.41, 5.74) is 4.11. The van der Waals surface area contributed by atoms with Gasteiger partial charge in [-0.25, -0.2) is 0 Å². The molecule has 0 radical (unpaired) electrons. The van der Waals surface area contributed by atoms with Gasteiger partial charge in [-0.3, -0.25) is 9.89 Å². The number of hydrogen-bond donors (Lipinski definition) is 1. The van der Waals surface area contributed by atoms with Gasteiger partial charge in [-0.15, -0.1) is 0 Å². The minimum atomic E-state index is 0.460. The molecule has 1 fully saturated rings. The molecule has 1 N–H and O–H groups in total. The second-order valence-corrected chi connectivity index (χ2v) is 5.53. The van der Waals surface area contributed by atoms with Crippen LogP contribution < -0.4 is 5.32 Å². The van der Waals surface area contributed by atoms with Crippen molar-refractivity contribution in [1.29, 1.82) is 0 Å². The van der Waals surface area contributed by atoms with Crippen LogP contribution >= 0.6 is 0 Å². The van der Waals surface area contributed by atoms with E-state index in [2.05, 4.69) is 22.1 Å². The maximum atomic E-state index is 5.55. The third-order valence-corrected chi connectivity index (χ3v) is 4.19. The second-order valence-electron chi connectivity index (χ2n) is 5.53. The lowest BCUT2D eigenvalue weighted by molar-refractivity contribution is 0.121. The first-order valence-corrected chi connectivity index (χ1v) is 7.34. The van der Waals surface area contributed by atoms with Gasteiger partial charge in [0.2, 0.25) is 0 Å². The van der Waals surface area contributed by atoms with E-state index in [1.807, 2.05) is 12.4 Å². The Morgan fingerprint density at radius 2 is 2.32 bits per heavy atom. The normalized spacial score (nSPS) is 29.1. The summed E-state index contributed by atoms with van der Waals surface area (Å²) in [6.45, 7) is 6.10. The molecule has 19 heavy (non-hydrogen) atoms. The van der Waals surface area contributed by atoms with Gasteiger partial charge in [-0.2, -0.15) is 0 Å². The summed E-state index contributed by atoms with van der Waals surface area (Å²) in [6.07, 6.45) is 8.97. The molecule has 3 aliphatic heterocycles. The van der Waals surface area contributed by atoms with Crippen molar-refractivity contribution in [2.45, 2.75) is 38.8 Å². The Bertz CT molecular complexity index is 417. The van der Waals surface area contributed by atoms with Gasteiger partial charge >= 0.3 is 0 Å². The molecule has 3 rings (SSSR count). The fourth-order valence-corrected chi connectivity index (χ4v) is 3.12. The van der Waals surface area contributed by atoms with Gasteiger partial charge in [-0.1, -0.05) is 0 Å². The molecule has 3 aliphatic rings. The van der Waals surface area contributed by atoms with Crippen LogP contribution in [0.15, 0.2) is 28.0 Å². The van der Waals surface area contributed by atoms with Crippen molar-refractivity contribution in [3.05, 3.63) is 23.0 Å². The molecule has 4 heteroatoms. The standard InChI is InChI=1S/C15H23N3O/c1-12-11-16-6-5-13-3-4-14(17-15(12)13)18-7-2-9-19-10-8-18/h6,11,14,17H,2-5,7-10H2,1H3. The van der Waals surface area contributed by atoms with Crippen LogP contribution in [0.3, 0.4) is 0 Å². The topological polar surface area (TPSA) is 36.9 Å². The summed E-state index contributed by atoms with van der Waals surface area (Å²) in [5, 5.41) is 3.74. The number of allylic oxidation sites excluding steroid dienone is 2. The van der Waals surface area contributed by atoms with Crippen LogP contribution in [0.5, 0.6) is 0 Å². The van der Waals surface area contributed by atoms with Crippen LogP contribution in [0.4, 0.5) is 0 Å².